The normalized spacial score (nSPS) is 16.6. The molecule has 8 heteroatoms. The highest BCUT2D eigenvalue weighted by molar-refractivity contribution is 9.11. The highest BCUT2D eigenvalue weighted by atomic mass is 79.9. The number of hydrogen-bond acceptors (Lipinski definition) is 4. The van der Waals surface area contributed by atoms with Gasteiger partial charge < -0.3 is 4.90 Å². The second-order valence-electron chi connectivity index (χ2n) is 4.32. The van der Waals surface area contributed by atoms with Gasteiger partial charge in [-0.15, -0.1) is 11.3 Å². The maximum Gasteiger partial charge on any atom is 0.250 e. The highest BCUT2D eigenvalue weighted by Crippen LogP contribution is 2.25. The third kappa shape index (κ3) is 4.01. The van der Waals surface area contributed by atoms with Crippen LogP contribution in [-0.4, -0.2) is 38.9 Å². The van der Waals surface area contributed by atoms with Gasteiger partial charge in [0.15, 0.2) is 0 Å². The van der Waals surface area contributed by atoms with E-state index in [1.165, 1.54) is 6.07 Å². The minimum atomic E-state index is -3.58. The standard InChI is InChI=1S/C11H15BrN2O3S2/c12-9-4-5-11(18-9)19(16,17)13-8-10(15)14-6-2-1-3-7-14/h4-5,13H,1-3,6-8H2. The Balaban J connectivity index is 1.92. The maximum absolute atomic E-state index is 11.9. The van der Waals surface area contributed by atoms with Crippen LogP contribution in [0, 0.1) is 0 Å². The van der Waals surface area contributed by atoms with Crippen molar-refractivity contribution in [3.05, 3.63) is 15.9 Å². The Morgan fingerprint density at radius 1 is 1.32 bits per heavy atom. The van der Waals surface area contributed by atoms with Crippen molar-refractivity contribution in [1.29, 1.82) is 0 Å². The fourth-order valence-electron chi connectivity index (χ4n) is 1.93. The average molecular weight is 367 g/mol. The van der Waals surface area contributed by atoms with Crippen LogP contribution in [0.25, 0.3) is 0 Å². The molecule has 0 radical (unpaired) electrons. The van der Waals surface area contributed by atoms with E-state index in [9.17, 15) is 13.2 Å². The van der Waals surface area contributed by atoms with Gasteiger partial charge in [-0.05, 0) is 47.3 Å². The SMILES string of the molecule is O=C(CNS(=O)(=O)c1ccc(Br)s1)N1CCCCC1. The Hall–Kier alpha value is -0.440. The second kappa shape index (κ2) is 6.34. The largest absolute Gasteiger partial charge is 0.342 e. The molecule has 1 aromatic heterocycles. The Labute approximate surface area is 125 Å². The molecule has 1 aliphatic heterocycles. The fourth-order valence-corrected chi connectivity index (χ4v) is 4.95. The summed E-state index contributed by atoms with van der Waals surface area (Å²) in [6.45, 7) is 1.29. The number of halogens is 1. The summed E-state index contributed by atoms with van der Waals surface area (Å²) in [5, 5.41) is 0. The van der Waals surface area contributed by atoms with E-state index in [2.05, 4.69) is 20.7 Å². The number of piperidine rings is 1. The molecule has 0 aromatic carbocycles. The third-order valence-electron chi connectivity index (χ3n) is 2.94. The van der Waals surface area contributed by atoms with Gasteiger partial charge in [0.25, 0.3) is 10.0 Å². The molecule has 1 N–H and O–H groups in total. The topological polar surface area (TPSA) is 66.5 Å². The first-order chi connectivity index (χ1) is 8.99. The summed E-state index contributed by atoms with van der Waals surface area (Å²) in [4.78, 5) is 13.6. The molecule has 1 aromatic rings. The van der Waals surface area contributed by atoms with Crippen LogP contribution in [0.2, 0.25) is 0 Å². The smallest absolute Gasteiger partial charge is 0.250 e. The van der Waals surface area contributed by atoms with Crippen LogP contribution in [0.15, 0.2) is 20.1 Å². The monoisotopic (exact) mass is 366 g/mol. The molecule has 0 unspecified atom stereocenters. The van der Waals surface area contributed by atoms with Gasteiger partial charge in [-0.25, -0.2) is 13.1 Å². The minimum absolute atomic E-state index is 0.154. The van der Waals surface area contributed by atoms with Crippen molar-refractivity contribution in [1.82, 2.24) is 9.62 Å². The summed E-state index contributed by atoms with van der Waals surface area (Å²) in [6, 6.07) is 3.19. The van der Waals surface area contributed by atoms with Crippen LogP contribution in [0.1, 0.15) is 19.3 Å². The quantitative estimate of drug-likeness (QED) is 0.883. The Morgan fingerprint density at radius 2 is 2.00 bits per heavy atom. The summed E-state index contributed by atoms with van der Waals surface area (Å²) < 4.78 is 27.2. The zero-order valence-electron chi connectivity index (χ0n) is 10.3. The van der Waals surface area contributed by atoms with E-state index < -0.39 is 10.0 Å². The fraction of sp³-hybridized carbons (Fsp3) is 0.545. The van der Waals surface area contributed by atoms with Gasteiger partial charge in [-0.3, -0.25) is 4.79 Å². The minimum Gasteiger partial charge on any atom is -0.342 e. The number of nitrogens with one attached hydrogen (secondary N) is 1. The molecule has 1 aliphatic rings. The molecule has 0 saturated carbocycles. The Bertz CT molecular complexity index is 550. The van der Waals surface area contributed by atoms with Gasteiger partial charge in [0.05, 0.1) is 10.3 Å². The van der Waals surface area contributed by atoms with Crippen LogP contribution in [0.5, 0.6) is 0 Å². The zero-order chi connectivity index (χ0) is 13.9. The molecule has 0 aliphatic carbocycles. The molecule has 0 spiro atoms. The van der Waals surface area contributed by atoms with Crippen molar-refractivity contribution in [2.75, 3.05) is 19.6 Å². The van der Waals surface area contributed by atoms with E-state index in [-0.39, 0.29) is 16.7 Å². The number of amides is 1. The second-order valence-corrected chi connectivity index (χ2v) is 8.78. The summed E-state index contributed by atoms with van der Waals surface area (Å²) in [5.74, 6) is -0.154. The van der Waals surface area contributed by atoms with Crippen molar-refractivity contribution in [2.24, 2.45) is 0 Å². The molecule has 0 atom stereocenters. The van der Waals surface area contributed by atoms with E-state index in [0.29, 0.717) is 0 Å². The average Bonchev–Trinajstić information content (AvgIpc) is 2.85. The Morgan fingerprint density at radius 3 is 2.58 bits per heavy atom. The van der Waals surface area contributed by atoms with Crippen molar-refractivity contribution < 1.29 is 13.2 Å². The van der Waals surface area contributed by atoms with Crippen LogP contribution in [0.3, 0.4) is 0 Å². The van der Waals surface area contributed by atoms with Crippen LogP contribution >= 0.6 is 27.3 Å². The van der Waals surface area contributed by atoms with Gasteiger partial charge in [0.1, 0.15) is 4.21 Å². The predicted molar refractivity (Wildman–Crippen MR) is 77.6 cm³/mol. The molecule has 19 heavy (non-hydrogen) atoms. The Kier molecular flexibility index (Phi) is 4.99. The molecular formula is C11H15BrN2O3S2. The molecular weight excluding hydrogens is 352 g/mol. The van der Waals surface area contributed by atoms with E-state index in [0.717, 1.165) is 47.5 Å². The van der Waals surface area contributed by atoms with E-state index in [1.54, 1.807) is 11.0 Å². The molecule has 2 heterocycles. The number of hydrogen-bond donors (Lipinski definition) is 1. The van der Waals surface area contributed by atoms with Gasteiger partial charge in [-0.2, -0.15) is 0 Å². The van der Waals surface area contributed by atoms with Crippen molar-refractivity contribution >= 4 is 43.2 Å². The summed E-state index contributed by atoms with van der Waals surface area (Å²) in [5.41, 5.74) is 0. The van der Waals surface area contributed by atoms with Crippen molar-refractivity contribution in [3.8, 4) is 0 Å². The molecule has 1 amide bonds. The molecule has 0 bridgehead atoms. The maximum atomic E-state index is 11.9. The first-order valence-electron chi connectivity index (χ1n) is 6.02. The van der Waals surface area contributed by atoms with Crippen LogP contribution in [0.4, 0.5) is 0 Å². The lowest BCUT2D eigenvalue weighted by atomic mass is 10.1. The number of carbonyl (C=O) groups is 1. The van der Waals surface area contributed by atoms with Gasteiger partial charge >= 0.3 is 0 Å². The van der Waals surface area contributed by atoms with E-state index in [1.807, 2.05) is 0 Å². The van der Waals surface area contributed by atoms with E-state index >= 15 is 0 Å². The first-order valence-corrected chi connectivity index (χ1v) is 9.11. The van der Waals surface area contributed by atoms with Crippen LogP contribution in [-0.2, 0) is 14.8 Å². The van der Waals surface area contributed by atoms with Gasteiger partial charge in [0, 0.05) is 13.1 Å². The van der Waals surface area contributed by atoms with E-state index in [4.69, 9.17) is 0 Å². The number of nitrogens with zero attached hydrogens (tertiary/aromatic N) is 1. The number of carbonyl (C=O) groups excluding carboxylic acids is 1. The number of sulfonamides is 1. The van der Waals surface area contributed by atoms with Gasteiger partial charge in [0.2, 0.25) is 5.91 Å². The molecule has 106 valence electrons. The zero-order valence-corrected chi connectivity index (χ0v) is 13.5. The molecule has 2 rings (SSSR count). The summed E-state index contributed by atoms with van der Waals surface area (Å²) in [6.07, 6.45) is 3.13. The lowest BCUT2D eigenvalue weighted by Gasteiger charge is -2.26. The van der Waals surface area contributed by atoms with Crippen molar-refractivity contribution in [3.63, 3.8) is 0 Å². The predicted octanol–water partition coefficient (Wildman–Crippen LogP) is 1.80. The summed E-state index contributed by atoms with van der Waals surface area (Å²) >= 11 is 4.34. The van der Waals surface area contributed by atoms with Crippen LogP contribution < -0.4 is 4.72 Å². The highest BCUT2D eigenvalue weighted by Gasteiger charge is 2.21. The molecule has 1 saturated heterocycles. The summed E-state index contributed by atoms with van der Waals surface area (Å²) in [7, 11) is -3.58. The number of rotatable bonds is 4. The first kappa shape index (κ1) is 15.0. The number of likely N-dealkylation sites (tertiary alicyclic amines) is 1. The lowest BCUT2D eigenvalue weighted by Crippen LogP contribution is -2.42. The molecule has 5 nitrogen and oxygen atoms in total. The third-order valence-corrected chi connectivity index (χ3v) is 6.45. The van der Waals surface area contributed by atoms with Gasteiger partial charge in [-0.1, -0.05) is 0 Å². The lowest BCUT2D eigenvalue weighted by molar-refractivity contribution is -0.130. The number of thiophene rings is 1. The van der Waals surface area contributed by atoms with Crippen molar-refractivity contribution in [2.45, 2.75) is 23.5 Å². The molecule has 1 fully saturated rings.